The highest BCUT2D eigenvalue weighted by molar-refractivity contribution is 6.30. The zero-order valence-electron chi connectivity index (χ0n) is 12.7. The Labute approximate surface area is 131 Å². The minimum absolute atomic E-state index is 0.168. The molecule has 6 heteroatoms. The molecule has 118 valence electrons. The van der Waals surface area contributed by atoms with Crippen molar-refractivity contribution in [3.63, 3.8) is 0 Å². The van der Waals surface area contributed by atoms with Crippen LogP contribution in [0.4, 0.5) is 0 Å². The van der Waals surface area contributed by atoms with Crippen molar-refractivity contribution in [2.24, 2.45) is 5.92 Å². The number of nitrogens with zero attached hydrogens (tertiary/aromatic N) is 3. The first-order chi connectivity index (χ1) is 10.1. The predicted octanol–water partition coefficient (Wildman–Crippen LogP) is 2.16. The van der Waals surface area contributed by atoms with Gasteiger partial charge in [-0.15, -0.1) is 0 Å². The molecule has 1 saturated heterocycles. The lowest BCUT2D eigenvalue weighted by Gasteiger charge is -2.29. The first kappa shape index (κ1) is 16.3. The van der Waals surface area contributed by atoms with Gasteiger partial charge in [0.25, 0.3) is 0 Å². The molecule has 0 spiro atoms. The molecule has 0 radical (unpaired) electrons. The number of hydrogen-bond acceptors (Lipinski definition) is 3. The van der Waals surface area contributed by atoms with E-state index in [1.165, 1.54) is 19.4 Å². The van der Waals surface area contributed by atoms with Crippen molar-refractivity contribution in [2.45, 2.75) is 38.6 Å². The van der Waals surface area contributed by atoms with Crippen LogP contribution in [0.3, 0.4) is 0 Å². The number of carbonyl (C=O) groups excluding carboxylic acids is 1. The van der Waals surface area contributed by atoms with E-state index in [4.69, 9.17) is 11.6 Å². The largest absolute Gasteiger partial charge is 0.356 e. The molecule has 0 aliphatic carbocycles. The molecule has 1 N–H and O–H groups in total. The monoisotopic (exact) mass is 312 g/mol. The van der Waals surface area contributed by atoms with Crippen LogP contribution in [-0.4, -0.2) is 47.3 Å². The molecule has 1 fully saturated rings. The molecule has 2 rings (SSSR count). The lowest BCUT2D eigenvalue weighted by atomic mass is 9.93. The van der Waals surface area contributed by atoms with E-state index in [1.807, 2.05) is 0 Å². The van der Waals surface area contributed by atoms with Crippen LogP contribution >= 0.6 is 11.6 Å². The fourth-order valence-corrected chi connectivity index (χ4v) is 3.02. The summed E-state index contributed by atoms with van der Waals surface area (Å²) in [5.74, 6) is 0.849. The number of amides is 1. The predicted molar refractivity (Wildman–Crippen MR) is 84.3 cm³/mol. The number of halogens is 1. The number of carbonyl (C=O) groups is 1. The molecule has 5 nitrogen and oxygen atoms in total. The lowest BCUT2D eigenvalue weighted by molar-refractivity contribution is -0.121. The normalized spacial score (nSPS) is 19.6. The Balaban J connectivity index is 1.53. The minimum atomic E-state index is 0.168. The van der Waals surface area contributed by atoms with E-state index >= 15 is 0 Å². The summed E-state index contributed by atoms with van der Waals surface area (Å²) >= 11 is 5.79. The van der Waals surface area contributed by atoms with E-state index in [0.717, 1.165) is 25.9 Å². The van der Waals surface area contributed by atoms with E-state index in [1.54, 1.807) is 17.1 Å². The number of likely N-dealkylation sites (tertiary alicyclic amines) is 1. The number of hydrogen-bond donors (Lipinski definition) is 1. The summed E-state index contributed by atoms with van der Waals surface area (Å²) in [4.78, 5) is 14.2. The molecule has 0 saturated carbocycles. The third kappa shape index (κ3) is 6.06. The van der Waals surface area contributed by atoms with Gasteiger partial charge < -0.3 is 10.2 Å². The fraction of sp³-hybridized carbons (Fsp3) is 0.733. The van der Waals surface area contributed by atoms with Gasteiger partial charge in [-0.3, -0.25) is 9.48 Å². The molecule has 1 amide bonds. The van der Waals surface area contributed by atoms with Crippen LogP contribution in [0.2, 0.25) is 5.02 Å². The number of piperidine rings is 1. The summed E-state index contributed by atoms with van der Waals surface area (Å²) in [5.41, 5.74) is 0. The van der Waals surface area contributed by atoms with Crippen LogP contribution in [0.15, 0.2) is 12.4 Å². The van der Waals surface area contributed by atoms with Crippen molar-refractivity contribution in [3.05, 3.63) is 17.4 Å². The van der Waals surface area contributed by atoms with Gasteiger partial charge in [0.2, 0.25) is 5.91 Å². The van der Waals surface area contributed by atoms with E-state index in [-0.39, 0.29) is 5.91 Å². The third-order valence-corrected chi connectivity index (χ3v) is 4.18. The van der Waals surface area contributed by atoms with Crippen molar-refractivity contribution in [1.29, 1.82) is 0 Å². The van der Waals surface area contributed by atoms with Crippen LogP contribution in [-0.2, 0) is 11.3 Å². The second-order valence-corrected chi connectivity index (χ2v) is 6.37. The number of nitrogens with one attached hydrogen (secondary N) is 1. The minimum Gasteiger partial charge on any atom is -0.356 e. The van der Waals surface area contributed by atoms with Gasteiger partial charge >= 0.3 is 0 Å². The standard InChI is InChI=1S/C15H25ClN4O/c1-19-8-2-4-13(11-19)5-6-15(21)17-7-3-9-20-12-14(16)10-18-20/h10,12-13H,2-9,11H2,1H3,(H,17,21). The van der Waals surface area contributed by atoms with Crippen molar-refractivity contribution in [3.8, 4) is 0 Å². The SMILES string of the molecule is CN1CCCC(CCC(=O)NCCCn2cc(Cl)cn2)C1. The van der Waals surface area contributed by atoms with Gasteiger partial charge in [-0.2, -0.15) is 5.10 Å². The van der Waals surface area contributed by atoms with Gasteiger partial charge in [-0.25, -0.2) is 0 Å². The van der Waals surface area contributed by atoms with Crippen molar-refractivity contribution in [2.75, 3.05) is 26.7 Å². The summed E-state index contributed by atoms with van der Waals surface area (Å²) in [6.07, 6.45) is 8.46. The maximum Gasteiger partial charge on any atom is 0.220 e. The van der Waals surface area contributed by atoms with E-state index in [0.29, 0.717) is 23.9 Å². The molecule has 0 bridgehead atoms. The van der Waals surface area contributed by atoms with Gasteiger partial charge in [0.05, 0.1) is 11.2 Å². The first-order valence-electron chi connectivity index (χ1n) is 7.76. The number of rotatable bonds is 7. The molecule has 0 aromatic carbocycles. The topological polar surface area (TPSA) is 50.2 Å². The quantitative estimate of drug-likeness (QED) is 0.785. The zero-order valence-corrected chi connectivity index (χ0v) is 13.5. The van der Waals surface area contributed by atoms with Crippen LogP contribution in [0.25, 0.3) is 0 Å². The van der Waals surface area contributed by atoms with Gasteiger partial charge in [0.15, 0.2) is 0 Å². The number of aryl methyl sites for hydroxylation is 1. The molecule has 2 heterocycles. The fourth-order valence-electron chi connectivity index (χ4n) is 2.86. The Bertz CT molecular complexity index is 449. The van der Waals surface area contributed by atoms with Crippen LogP contribution in [0.1, 0.15) is 32.1 Å². The smallest absolute Gasteiger partial charge is 0.220 e. The highest BCUT2D eigenvalue weighted by Crippen LogP contribution is 2.19. The van der Waals surface area contributed by atoms with Gasteiger partial charge in [-0.1, -0.05) is 11.6 Å². The van der Waals surface area contributed by atoms with Crippen molar-refractivity contribution >= 4 is 17.5 Å². The van der Waals surface area contributed by atoms with E-state index in [9.17, 15) is 4.79 Å². The maximum atomic E-state index is 11.8. The Morgan fingerprint density at radius 2 is 2.43 bits per heavy atom. The Morgan fingerprint density at radius 3 is 3.14 bits per heavy atom. The van der Waals surface area contributed by atoms with E-state index < -0.39 is 0 Å². The van der Waals surface area contributed by atoms with E-state index in [2.05, 4.69) is 22.4 Å². The highest BCUT2D eigenvalue weighted by atomic mass is 35.5. The highest BCUT2D eigenvalue weighted by Gasteiger charge is 2.17. The molecule has 1 atom stereocenters. The third-order valence-electron chi connectivity index (χ3n) is 3.99. The molecular formula is C15H25ClN4O. The average molecular weight is 313 g/mol. The first-order valence-corrected chi connectivity index (χ1v) is 8.14. The summed E-state index contributed by atoms with van der Waals surface area (Å²) < 4.78 is 1.80. The molecule has 1 aromatic rings. The summed E-state index contributed by atoms with van der Waals surface area (Å²) in [7, 11) is 2.16. The van der Waals surface area contributed by atoms with Crippen molar-refractivity contribution in [1.82, 2.24) is 20.0 Å². The molecule has 21 heavy (non-hydrogen) atoms. The molecule has 1 aromatic heterocycles. The maximum absolute atomic E-state index is 11.8. The molecule has 1 unspecified atom stereocenters. The Hall–Kier alpha value is -1.07. The average Bonchev–Trinajstić information content (AvgIpc) is 2.87. The van der Waals surface area contributed by atoms with Crippen LogP contribution < -0.4 is 5.32 Å². The molecule has 1 aliphatic rings. The summed E-state index contributed by atoms with van der Waals surface area (Å²) in [5, 5.41) is 7.74. The van der Waals surface area contributed by atoms with Crippen LogP contribution in [0.5, 0.6) is 0 Å². The van der Waals surface area contributed by atoms with Crippen LogP contribution in [0, 0.1) is 5.92 Å². The number of aromatic nitrogens is 2. The summed E-state index contributed by atoms with van der Waals surface area (Å²) in [6, 6.07) is 0. The lowest BCUT2D eigenvalue weighted by Crippen LogP contribution is -2.33. The van der Waals surface area contributed by atoms with Crippen molar-refractivity contribution < 1.29 is 4.79 Å². The molecular weight excluding hydrogens is 288 g/mol. The Morgan fingerprint density at radius 1 is 1.57 bits per heavy atom. The zero-order chi connectivity index (χ0) is 15.1. The van der Waals surface area contributed by atoms with Gasteiger partial charge in [0.1, 0.15) is 0 Å². The summed E-state index contributed by atoms with van der Waals surface area (Å²) in [6.45, 7) is 3.80. The molecule has 1 aliphatic heterocycles. The Kier molecular flexibility index (Phi) is 6.51. The van der Waals surface area contributed by atoms with Gasteiger partial charge in [0, 0.05) is 32.3 Å². The van der Waals surface area contributed by atoms with Gasteiger partial charge in [-0.05, 0) is 45.2 Å². The second kappa shape index (κ2) is 8.39. The second-order valence-electron chi connectivity index (χ2n) is 5.93.